The molecule has 1 heterocycles. The second-order valence-electron chi connectivity index (χ2n) is 8.43. The molecule has 5 nitrogen and oxygen atoms in total. The van der Waals surface area contributed by atoms with E-state index in [2.05, 4.69) is 10.6 Å². The number of hydrogen-bond acceptors (Lipinski definition) is 2. The number of nitrogens with one attached hydrogen (secondary N) is 2. The lowest BCUT2D eigenvalue weighted by atomic mass is 9.53. The highest BCUT2D eigenvalue weighted by Crippen LogP contribution is 2.55. The fourth-order valence-electron chi connectivity index (χ4n) is 5.84. The van der Waals surface area contributed by atoms with Crippen LogP contribution >= 0.6 is 0 Å². The highest BCUT2D eigenvalue weighted by atomic mass is 16.3. The first-order valence-electron chi connectivity index (χ1n) is 9.38. The van der Waals surface area contributed by atoms with Gasteiger partial charge in [-0.3, -0.25) is 0 Å². The summed E-state index contributed by atoms with van der Waals surface area (Å²) in [6.45, 7) is 0.491. The quantitative estimate of drug-likeness (QED) is 0.777. The number of rotatable bonds is 5. The van der Waals surface area contributed by atoms with Crippen LogP contribution in [-0.4, -0.2) is 27.8 Å². The number of aliphatic hydroxyl groups excluding tert-OH is 1. The molecule has 2 amide bonds. The number of nitrogens with zero attached hydrogens (tertiary/aromatic N) is 1. The van der Waals surface area contributed by atoms with E-state index >= 15 is 0 Å². The van der Waals surface area contributed by atoms with Crippen molar-refractivity contribution in [2.24, 2.45) is 24.8 Å². The topological polar surface area (TPSA) is 66.3 Å². The maximum absolute atomic E-state index is 12.4. The predicted octanol–water partition coefficient (Wildman–Crippen LogP) is 2.72. The number of carbonyl (C=O) groups excluding carboxylic acids is 1. The van der Waals surface area contributed by atoms with Crippen molar-refractivity contribution in [3.63, 3.8) is 0 Å². The lowest BCUT2D eigenvalue weighted by molar-refractivity contribution is -0.0135. The molecule has 1 atom stereocenters. The summed E-state index contributed by atoms with van der Waals surface area (Å²) >= 11 is 0. The molecule has 0 radical (unpaired) electrons. The van der Waals surface area contributed by atoms with Gasteiger partial charge in [0.1, 0.15) is 0 Å². The Morgan fingerprint density at radius 1 is 1.29 bits per heavy atom. The van der Waals surface area contributed by atoms with Crippen molar-refractivity contribution in [1.29, 1.82) is 0 Å². The molecule has 0 aliphatic heterocycles. The second kappa shape index (κ2) is 6.10. The maximum Gasteiger partial charge on any atom is 0.315 e. The molecule has 4 fully saturated rings. The molecule has 3 N–H and O–H groups in total. The summed E-state index contributed by atoms with van der Waals surface area (Å²) in [5.41, 5.74) is 0.938. The molecule has 4 aliphatic rings. The predicted molar refractivity (Wildman–Crippen MR) is 92.4 cm³/mol. The van der Waals surface area contributed by atoms with Gasteiger partial charge in [-0.1, -0.05) is 0 Å². The normalized spacial score (nSPS) is 35.0. The minimum atomic E-state index is -0.537. The van der Waals surface area contributed by atoms with Gasteiger partial charge in [-0.2, -0.15) is 0 Å². The second-order valence-corrected chi connectivity index (χ2v) is 8.43. The fraction of sp³-hybridized carbons (Fsp3) is 0.737. The number of aromatic nitrogens is 1. The number of carbonyl (C=O) groups is 1. The molecule has 1 unspecified atom stereocenters. The molecule has 4 aliphatic carbocycles. The number of hydrogen-bond donors (Lipinski definition) is 3. The Hall–Kier alpha value is -1.49. The summed E-state index contributed by atoms with van der Waals surface area (Å²) in [5.74, 6) is 2.49. The lowest BCUT2D eigenvalue weighted by Crippen LogP contribution is -2.61. The van der Waals surface area contributed by atoms with Crippen LogP contribution in [0.4, 0.5) is 4.79 Å². The standard InChI is InChI=1S/C19H29N3O2/c1-22-6-2-3-16(22)17(23)4-5-20-18(24)21-19-10-13-7-14(11-19)9-15(8-13)12-19/h2-3,6,13-15,17,23H,4-5,7-12H2,1H3,(H2,20,21,24). The highest BCUT2D eigenvalue weighted by molar-refractivity contribution is 5.74. The largest absolute Gasteiger partial charge is 0.387 e. The van der Waals surface area contributed by atoms with Crippen molar-refractivity contribution >= 4 is 6.03 Å². The van der Waals surface area contributed by atoms with E-state index in [0.717, 1.165) is 23.4 Å². The van der Waals surface area contributed by atoms with Gasteiger partial charge in [0.2, 0.25) is 0 Å². The Kier molecular flexibility index (Phi) is 4.07. The van der Waals surface area contributed by atoms with E-state index in [1.165, 1.54) is 38.5 Å². The SMILES string of the molecule is Cn1cccc1C(O)CCNC(=O)NC12CC3CC(CC(C3)C1)C2. The van der Waals surface area contributed by atoms with Gasteiger partial charge >= 0.3 is 6.03 Å². The summed E-state index contributed by atoms with van der Waals surface area (Å²) in [6.07, 6.45) is 9.56. The van der Waals surface area contributed by atoms with Gasteiger partial charge in [-0.25, -0.2) is 4.79 Å². The maximum atomic E-state index is 12.4. The molecule has 5 rings (SSSR count). The number of urea groups is 1. The van der Waals surface area contributed by atoms with Crippen LogP contribution in [0.25, 0.3) is 0 Å². The zero-order valence-corrected chi connectivity index (χ0v) is 14.5. The molecule has 0 spiro atoms. The Bertz CT molecular complexity index is 574. The van der Waals surface area contributed by atoms with E-state index in [0.29, 0.717) is 13.0 Å². The van der Waals surface area contributed by atoms with E-state index in [4.69, 9.17) is 0 Å². The Morgan fingerprint density at radius 3 is 2.46 bits per heavy atom. The third-order valence-corrected chi connectivity index (χ3v) is 6.45. The van der Waals surface area contributed by atoms with Crippen molar-refractivity contribution in [1.82, 2.24) is 15.2 Å². The Balaban J connectivity index is 1.26. The monoisotopic (exact) mass is 331 g/mol. The van der Waals surface area contributed by atoms with Crippen LogP contribution in [0.2, 0.25) is 0 Å². The van der Waals surface area contributed by atoms with Gasteiger partial charge in [0.05, 0.1) is 6.10 Å². The zero-order chi connectivity index (χ0) is 16.7. The van der Waals surface area contributed by atoms with Gasteiger partial charge in [0, 0.05) is 31.0 Å². The van der Waals surface area contributed by atoms with Crippen molar-refractivity contribution in [3.05, 3.63) is 24.0 Å². The number of aliphatic hydroxyl groups is 1. The van der Waals surface area contributed by atoms with Gasteiger partial charge < -0.3 is 20.3 Å². The number of amides is 2. The molecule has 5 heteroatoms. The van der Waals surface area contributed by atoms with Crippen molar-refractivity contribution in [2.45, 2.75) is 56.6 Å². The van der Waals surface area contributed by atoms with Crippen molar-refractivity contribution in [2.75, 3.05) is 6.54 Å². The van der Waals surface area contributed by atoms with E-state index < -0.39 is 6.10 Å². The summed E-state index contributed by atoms with van der Waals surface area (Å²) < 4.78 is 1.92. The molecule has 1 aromatic heterocycles. The summed E-state index contributed by atoms with van der Waals surface area (Å²) in [6, 6.07) is 3.78. The van der Waals surface area contributed by atoms with Gasteiger partial charge in [0.25, 0.3) is 0 Å². The minimum Gasteiger partial charge on any atom is -0.387 e. The average Bonchev–Trinajstić information content (AvgIpc) is 2.91. The Labute approximate surface area is 143 Å². The lowest BCUT2D eigenvalue weighted by Gasteiger charge is -2.56. The van der Waals surface area contributed by atoms with Gasteiger partial charge in [-0.15, -0.1) is 0 Å². The van der Waals surface area contributed by atoms with Crippen LogP contribution in [-0.2, 0) is 7.05 Å². The molecular formula is C19H29N3O2. The molecule has 24 heavy (non-hydrogen) atoms. The first-order chi connectivity index (χ1) is 11.5. The minimum absolute atomic E-state index is 0.0512. The fourth-order valence-corrected chi connectivity index (χ4v) is 5.84. The van der Waals surface area contributed by atoms with Crippen molar-refractivity contribution in [3.8, 4) is 0 Å². The van der Waals surface area contributed by atoms with Crippen LogP contribution in [0.3, 0.4) is 0 Å². The molecule has 4 saturated carbocycles. The average molecular weight is 331 g/mol. The highest BCUT2D eigenvalue weighted by Gasteiger charge is 2.51. The first kappa shape index (κ1) is 16.0. The molecule has 1 aromatic rings. The summed E-state index contributed by atoms with van der Waals surface area (Å²) in [4.78, 5) is 12.4. The Morgan fingerprint density at radius 2 is 1.92 bits per heavy atom. The van der Waals surface area contributed by atoms with E-state index in [1.54, 1.807) is 0 Å². The van der Waals surface area contributed by atoms with Crippen LogP contribution in [0, 0.1) is 17.8 Å². The van der Waals surface area contributed by atoms with E-state index in [1.807, 2.05) is 29.9 Å². The smallest absolute Gasteiger partial charge is 0.315 e. The van der Waals surface area contributed by atoms with Crippen LogP contribution in [0.1, 0.15) is 56.7 Å². The molecule has 0 aromatic carbocycles. The van der Waals surface area contributed by atoms with Crippen LogP contribution in [0.5, 0.6) is 0 Å². The third kappa shape index (κ3) is 3.06. The van der Waals surface area contributed by atoms with Gasteiger partial charge in [0.15, 0.2) is 0 Å². The number of aryl methyl sites for hydroxylation is 1. The van der Waals surface area contributed by atoms with Gasteiger partial charge in [-0.05, 0) is 74.8 Å². The molecular weight excluding hydrogens is 302 g/mol. The molecule has 0 saturated heterocycles. The van der Waals surface area contributed by atoms with Crippen molar-refractivity contribution < 1.29 is 9.90 Å². The summed E-state index contributed by atoms with van der Waals surface area (Å²) in [5, 5.41) is 16.5. The van der Waals surface area contributed by atoms with Crippen LogP contribution < -0.4 is 10.6 Å². The van der Waals surface area contributed by atoms with E-state index in [9.17, 15) is 9.90 Å². The molecule has 4 bridgehead atoms. The summed E-state index contributed by atoms with van der Waals surface area (Å²) in [7, 11) is 1.92. The van der Waals surface area contributed by atoms with E-state index in [-0.39, 0.29) is 11.6 Å². The third-order valence-electron chi connectivity index (χ3n) is 6.45. The molecule has 132 valence electrons. The first-order valence-corrected chi connectivity index (χ1v) is 9.38. The zero-order valence-electron chi connectivity index (χ0n) is 14.5. The van der Waals surface area contributed by atoms with Crippen LogP contribution in [0.15, 0.2) is 18.3 Å².